The van der Waals surface area contributed by atoms with Gasteiger partial charge < -0.3 is 51.6 Å². The normalized spacial score (nSPS) is 11.2. The number of aryl methyl sites for hydroxylation is 3. The van der Waals surface area contributed by atoms with E-state index in [2.05, 4.69) is 33.8 Å². The topological polar surface area (TPSA) is 117 Å². The van der Waals surface area contributed by atoms with Crippen LogP contribution in [0, 0.1) is 18.9 Å². The Morgan fingerprint density at radius 3 is 1.94 bits per heavy atom. The molecule has 2 aromatic carbocycles. The van der Waals surface area contributed by atoms with Gasteiger partial charge in [-0.05, 0) is 34.9 Å². The molecule has 0 bridgehead atoms. The molecule has 0 aliphatic heterocycles. The van der Waals surface area contributed by atoms with Gasteiger partial charge in [0, 0.05) is 70.5 Å². The van der Waals surface area contributed by atoms with Gasteiger partial charge >= 0.3 is 21.1 Å². The molecule has 0 amide bonds. The van der Waals surface area contributed by atoms with Gasteiger partial charge in [-0.25, -0.2) is 4.98 Å². The molecule has 0 radical (unpaired) electrons. The third-order valence-electron chi connectivity index (χ3n) is 8.23. The number of imidazole rings is 4. The largest absolute Gasteiger partial charge is 2.00 e. The zero-order chi connectivity index (χ0) is 31.6. The van der Waals surface area contributed by atoms with Crippen molar-refractivity contribution in [3.8, 4) is 34.2 Å². The summed E-state index contributed by atoms with van der Waals surface area (Å²) in [5, 5.41) is 1.96. The molecule has 8 heterocycles. The summed E-state index contributed by atoms with van der Waals surface area (Å²) in [5.41, 5.74) is 8.61. The number of fused-ring (bicyclic) bond motifs is 6. The molecule has 0 saturated carbocycles. The Hall–Kier alpha value is -5.18. The third-order valence-corrected chi connectivity index (χ3v) is 8.23. The quantitative estimate of drug-likeness (QED) is 0.179. The Bertz CT molecular complexity index is 2700. The first-order valence-corrected chi connectivity index (χ1v) is 14.7. The molecule has 0 atom stereocenters. The first-order chi connectivity index (χ1) is 23.0. The van der Waals surface area contributed by atoms with E-state index in [4.69, 9.17) is 18.8 Å². The molecule has 0 N–H and O–H groups in total. The van der Waals surface area contributed by atoms with Crippen molar-refractivity contribution in [2.45, 2.75) is 0 Å². The van der Waals surface area contributed by atoms with Crippen molar-refractivity contribution in [1.82, 2.24) is 43.2 Å². The monoisotopic (exact) mass is 1010 g/mol. The summed E-state index contributed by atoms with van der Waals surface area (Å²) in [6.45, 7) is 0. The molecule has 14 heteroatoms. The van der Waals surface area contributed by atoms with Gasteiger partial charge in [-0.15, -0.1) is 17.2 Å². The second-order valence-electron chi connectivity index (χ2n) is 11.2. The molecule has 0 saturated heterocycles. The number of para-hydroxylation sites is 2. The van der Waals surface area contributed by atoms with Crippen LogP contribution in [-0.2, 0) is 63.3 Å². The molecule has 0 spiro atoms. The zero-order valence-electron chi connectivity index (χ0n) is 26.1. The van der Waals surface area contributed by atoms with Crippen LogP contribution in [0.3, 0.4) is 0 Å². The summed E-state index contributed by atoms with van der Waals surface area (Å²) in [7, 11) is 5.83. The average Bonchev–Trinajstić information content (AvgIpc) is 3.91. The molecular weight excluding hydrogens is 983 g/mol. The summed E-state index contributed by atoms with van der Waals surface area (Å²) < 4.78 is 21.1. The fraction of sp³-hybridized carbons (Fsp3) is 0.0857. The van der Waals surface area contributed by atoms with Gasteiger partial charge in [-0.1, -0.05) is 66.0 Å². The first kappa shape index (κ1) is 32.4. The van der Waals surface area contributed by atoms with Crippen LogP contribution < -0.4 is 14.5 Å². The molecule has 12 nitrogen and oxygen atoms in total. The predicted molar refractivity (Wildman–Crippen MR) is 173 cm³/mol. The Labute approximate surface area is 307 Å². The summed E-state index contributed by atoms with van der Waals surface area (Å²) in [6.07, 6.45) is 25.3. The van der Waals surface area contributed by atoms with E-state index in [1.54, 1.807) is 31.1 Å². The fourth-order valence-electron chi connectivity index (χ4n) is 5.99. The first-order valence-electron chi connectivity index (χ1n) is 14.7. The number of hydrogen-bond acceptors (Lipinski definition) is 5. The molecule has 0 unspecified atom stereocenters. The van der Waals surface area contributed by atoms with Crippen LogP contribution >= 0.6 is 0 Å². The Morgan fingerprint density at radius 2 is 1.41 bits per heavy atom. The Kier molecular flexibility index (Phi) is 8.38. The van der Waals surface area contributed by atoms with Crippen molar-refractivity contribution >= 4 is 44.0 Å². The second kappa shape index (κ2) is 12.7. The molecular formula is C35H24N10O2Pt2-2. The molecule has 248 valence electrons. The van der Waals surface area contributed by atoms with Crippen molar-refractivity contribution in [3.63, 3.8) is 0 Å². The number of rotatable bonds is 4. The molecule has 0 aliphatic rings. The van der Waals surface area contributed by atoms with Crippen LogP contribution in [0.15, 0.2) is 101 Å². The van der Waals surface area contributed by atoms with Crippen LogP contribution in [0.2, 0.25) is 0 Å². The number of nitrogens with zero attached hydrogens (tertiary/aromatic N) is 10. The fourth-order valence-corrected chi connectivity index (χ4v) is 5.99. The van der Waals surface area contributed by atoms with Crippen LogP contribution in [0.25, 0.3) is 78.2 Å². The summed E-state index contributed by atoms with van der Waals surface area (Å²) in [6, 6.07) is 12.0. The van der Waals surface area contributed by atoms with Crippen molar-refractivity contribution in [2.24, 2.45) is 21.1 Å². The van der Waals surface area contributed by atoms with Crippen molar-refractivity contribution in [2.75, 3.05) is 0 Å². The van der Waals surface area contributed by atoms with Gasteiger partial charge in [0.1, 0.15) is 23.3 Å². The maximum absolute atomic E-state index is 5.82. The zero-order valence-corrected chi connectivity index (χ0v) is 30.6. The third kappa shape index (κ3) is 5.23. The van der Waals surface area contributed by atoms with Gasteiger partial charge in [0.25, 0.3) is 0 Å². The number of furan rings is 2. The van der Waals surface area contributed by atoms with Crippen LogP contribution in [-0.4, -0.2) is 33.2 Å². The number of hydrogen-bond donors (Lipinski definition) is 0. The maximum atomic E-state index is 5.82. The molecule has 0 aliphatic carbocycles. The molecule has 49 heavy (non-hydrogen) atoms. The summed E-state index contributed by atoms with van der Waals surface area (Å²) in [4.78, 5) is 22.3. The maximum Gasteiger partial charge on any atom is 2.00 e. The van der Waals surface area contributed by atoms with Gasteiger partial charge in [-0.2, -0.15) is 0 Å². The number of aromatic nitrogens is 10. The van der Waals surface area contributed by atoms with Gasteiger partial charge in [0.05, 0.1) is 13.3 Å². The van der Waals surface area contributed by atoms with E-state index >= 15 is 0 Å². The van der Waals surface area contributed by atoms with E-state index in [0.717, 1.165) is 78.2 Å². The van der Waals surface area contributed by atoms with E-state index in [9.17, 15) is 0 Å². The van der Waals surface area contributed by atoms with Crippen LogP contribution in [0.1, 0.15) is 0 Å². The SMILES string of the molecule is Cn1c[c-]nc1-c1coc2c1[n-]c1c(-n3[c-][n+](C)cc3)cccc12.Cn1ccnc1-c1coc2c1[n-]c1c(-n3[c-]ncc3)cccc12.[Pt+2].[Pt]. The minimum atomic E-state index is 0. The Balaban J connectivity index is 0.000000148. The standard InChI is InChI=1S/C18H13N5O.C17H11N5O.2Pt/c1-21-8-9-23(11-21)14-5-3-4-12-15(14)20-16-13(10-24-17(12)16)18-19-6-7-22(18)2;1-21-7-6-19-17(21)12-9-23-16-11-3-2-4-13(14(11)20-15(12)16)22-8-5-18-10-22;;/h3-5,7-10H,1-2H3;2-9H,1H3;;/q2*-2;;+2. The summed E-state index contributed by atoms with van der Waals surface area (Å²) in [5.74, 6) is 1.62. The summed E-state index contributed by atoms with van der Waals surface area (Å²) >= 11 is 0. The minimum absolute atomic E-state index is 0. The Morgan fingerprint density at radius 1 is 0.755 bits per heavy atom. The molecule has 10 rings (SSSR count). The van der Waals surface area contributed by atoms with E-state index in [1.807, 2.05) is 105 Å². The van der Waals surface area contributed by atoms with Crippen molar-refractivity contribution < 1.29 is 55.5 Å². The van der Waals surface area contributed by atoms with E-state index in [1.165, 1.54) is 0 Å². The van der Waals surface area contributed by atoms with E-state index in [0.29, 0.717) is 0 Å². The molecule has 0 fully saturated rings. The van der Waals surface area contributed by atoms with E-state index < -0.39 is 0 Å². The molecule has 10 aromatic rings. The van der Waals surface area contributed by atoms with Gasteiger partial charge in [0.2, 0.25) is 6.33 Å². The van der Waals surface area contributed by atoms with E-state index in [-0.39, 0.29) is 42.1 Å². The second-order valence-corrected chi connectivity index (χ2v) is 11.2. The van der Waals surface area contributed by atoms with Crippen molar-refractivity contribution in [1.29, 1.82) is 0 Å². The smallest absolute Gasteiger partial charge is 0.660 e. The molecule has 8 aromatic heterocycles. The van der Waals surface area contributed by atoms with Crippen LogP contribution in [0.4, 0.5) is 0 Å². The average molecular weight is 1010 g/mol. The predicted octanol–water partition coefficient (Wildman–Crippen LogP) is 5.08. The van der Waals surface area contributed by atoms with Gasteiger partial charge in [0.15, 0.2) is 0 Å². The van der Waals surface area contributed by atoms with Gasteiger partial charge in [-0.3, -0.25) is 0 Å². The minimum Gasteiger partial charge on any atom is -0.660 e. The van der Waals surface area contributed by atoms with Crippen LogP contribution in [0.5, 0.6) is 0 Å². The van der Waals surface area contributed by atoms with Crippen molar-refractivity contribution in [3.05, 3.63) is 111 Å². The number of benzene rings is 2.